The summed E-state index contributed by atoms with van der Waals surface area (Å²) in [6, 6.07) is 11.7. The Morgan fingerprint density at radius 2 is 2.04 bits per heavy atom. The summed E-state index contributed by atoms with van der Waals surface area (Å²) < 4.78 is 5.70. The monoisotopic (exact) mass is 341 g/mol. The van der Waals surface area contributed by atoms with E-state index in [-0.39, 0.29) is 11.7 Å². The molecule has 0 amide bonds. The number of rotatable bonds is 3. The summed E-state index contributed by atoms with van der Waals surface area (Å²) >= 11 is 6.40. The molecule has 0 bridgehead atoms. The van der Waals surface area contributed by atoms with Gasteiger partial charge in [-0.05, 0) is 36.1 Å². The van der Waals surface area contributed by atoms with Crippen molar-refractivity contribution in [3.8, 4) is 11.1 Å². The van der Waals surface area contributed by atoms with Crippen LogP contribution in [0.15, 0.2) is 42.6 Å². The van der Waals surface area contributed by atoms with E-state index in [1.165, 1.54) is 11.8 Å². The van der Waals surface area contributed by atoms with Crippen LogP contribution in [0.4, 0.5) is 0 Å². The molecule has 24 heavy (non-hydrogen) atoms. The fourth-order valence-corrected chi connectivity index (χ4v) is 3.53. The second kappa shape index (κ2) is 5.96. The highest BCUT2D eigenvalue weighted by atomic mass is 35.5. The summed E-state index contributed by atoms with van der Waals surface area (Å²) in [6.45, 7) is 0.820. The van der Waals surface area contributed by atoms with Crippen molar-refractivity contribution in [2.24, 2.45) is 0 Å². The molecule has 1 fully saturated rings. The van der Waals surface area contributed by atoms with Crippen LogP contribution in [0, 0.1) is 0 Å². The minimum absolute atomic E-state index is 0.181. The summed E-state index contributed by atoms with van der Waals surface area (Å²) in [5, 5.41) is 10.5. The van der Waals surface area contributed by atoms with Gasteiger partial charge in [-0.3, -0.25) is 0 Å². The molecule has 1 aliphatic rings. The van der Waals surface area contributed by atoms with E-state index < -0.39 is 5.97 Å². The van der Waals surface area contributed by atoms with Gasteiger partial charge >= 0.3 is 5.97 Å². The molecule has 0 unspecified atom stereocenters. The fraction of sp³-hybridized carbons (Fsp3) is 0.211. The van der Waals surface area contributed by atoms with Crippen LogP contribution in [0.2, 0.25) is 5.02 Å². The lowest BCUT2D eigenvalue weighted by molar-refractivity contribution is 0.0699. The molecule has 0 saturated carbocycles. The van der Waals surface area contributed by atoms with Crippen molar-refractivity contribution in [1.82, 2.24) is 4.98 Å². The molecule has 1 aliphatic heterocycles. The van der Waals surface area contributed by atoms with Gasteiger partial charge in [0.15, 0.2) is 0 Å². The van der Waals surface area contributed by atoms with Crippen molar-refractivity contribution in [2.45, 2.75) is 18.9 Å². The molecule has 1 atom stereocenters. The molecule has 0 spiro atoms. The van der Waals surface area contributed by atoms with Crippen LogP contribution in [-0.4, -0.2) is 22.7 Å². The molecule has 4 rings (SSSR count). The van der Waals surface area contributed by atoms with Crippen LogP contribution < -0.4 is 0 Å². The van der Waals surface area contributed by atoms with E-state index in [0.29, 0.717) is 10.4 Å². The normalized spacial score (nSPS) is 17.5. The Morgan fingerprint density at radius 1 is 1.25 bits per heavy atom. The third-order valence-electron chi connectivity index (χ3n) is 4.52. The van der Waals surface area contributed by atoms with Gasteiger partial charge in [0.1, 0.15) is 0 Å². The van der Waals surface area contributed by atoms with Gasteiger partial charge in [0, 0.05) is 29.3 Å². The molecule has 0 aliphatic carbocycles. The smallest absolute Gasteiger partial charge is 0.337 e. The largest absolute Gasteiger partial charge is 0.478 e. The van der Waals surface area contributed by atoms with Crippen molar-refractivity contribution in [3.05, 3.63) is 58.7 Å². The zero-order chi connectivity index (χ0) is 16.7. The molecule has 3 aromatic rings. The first-order valence-electron chi connectivity index (χ1n) is 7.89. The topological polar surface area (TPSA) is 62.3 Å². The van der Waals surface area contributed by atoms with Gasteiger partial charge in [-0.15, -0.1) is 0 Å². The number of aromatic amines is 1. The minimum Gasteiger partial charge on any atom is -0.478 e. The lowest BCUT2D eigenvalue weighted by atomic mass is 9.99. The first-order valence-corrected chi connectivity index (χ1v) is 8.27. The molecular formula is C19H16ClNO3. The quantitative estimate of drug-likeness (QED) is 0.701. The van der Waals surface area contributed by atoms with Crippen LogP contribution in [-0.2, 0) is 4.74 Å². The van der Waals surface area contributed by atoms with Gasteiger partial charge in [0.05, 0.1) is 16.7 Å². The molecule has 4 nitrogen and oxygen atoms in total. The van der Waals surface area contributed by atoms with E-state index >= 15 is 0 Å². The van der Waals surface area contributed by atoms with Crippen LogP contribution >= 0.6 is 11.6 Å². The predicted octanol–water partition coefficient (Wildman–Crippen LogP) is 5.04. The number of carbonyl (C=O) groups is 1. The first kappa shape index (κ1) is 15.2. The van der Waals surface area contributed by atoms with Gasteiger partial charge in [0.25, 0.3) is 0 Å². The van der Waals surface area contributed by atoms with Crippen molar-refractivity contribution in [2.75, 3.05) is 6.61 Å². The highest BCUT2D eigenvalue weighted by Gasteiger charge is 2.18. The third kappa shape index (κ3) is 2.58. The average molecular weight is 342 g/mol. The maximum atomic E-state index is 11.3. The first-order chi connectivity index (χ1) is 11.6. The molecule has 2 aromatic carbocycles. The summed E-state index contributed by atoms with van der Waals surface area (Å²) in [6.07, 6.45) is 3.83. The second-order valence-electron chi connectivity index (χ2n) is 6.01. The van der Waals surface area contributed by atoms with Crippen LogP contribution in [0.3, 0.4) is 0 Å². The van der Waals surface area contributed by atoms with E-state index in [1.807, 2.05) is 18.2 Å². The molecule has 1 aromatic heterocycles. The van der Waals surface area contributed by atoms with Gasteiger partial charge in [-0.1, -0.05) is 35.9 Å². The number of aromatic carboxylic acids is 1. The Morgan fingerprint density at radius 3 is 2.71 bits per heavy atom. The second-order valence-corrected chi connectivity index (χ2v) is 6.42. The predicted molar refractivity (Wildman–Crippen MR) is 93.6 cm³/mol. The van der Waals surface area contributed by atoms with E-state index in [0.717, 1.165) is 36.1 Å². The standard InChI is InChI=1S/C19H16ClNO3/c20-16-9-17-14(15(10-21-17)19(22)23)8-13(16)11-3-5-12(6-4-11)18-2-1-7-24-18/h3-6,8-10,18,21H,1-2,7H2,(H,22,23)/t18-/m1/s1. The van der Waals surface area contributed by atoms with E-state index in [1.54, 1.807) is 6.07 Å². The van der Waals surface area contributed by atoms with Crippen molar-refractivity contribution < 1.29 is 14.6 Å². The number of H-pyrrole nitrogens is 1. The maximum Gasteiger partial charge on any atom is 0.337 e. The third-order valence-corrected chi connectivity index (χ3v) is 4.84. The van der Waals surface area contributed by atoms with Gasteiger partial charge in [0.2, 0.25) is 0 Å². The molecule has 5 heteroatoms. The van der Waals surface area contributed by atoms with Gasteiger partial charge in [-0.2, -0.15) is 0 Å². The Hall–Kier alpha value is -2.30. The molecular weight excluding hydrogens is 326 g/mol. The molecule has 2 heterocycles. The molecule has 1 saturated heterocycles. The number of ether oxygens (including phenoxy) is 1. The van der Waals surface area contributed by atoms with E-state index in [2.05, 4.69) is 17.1 Å². The van der Waals surface area contributed by atoms with Crippen LogP contribution in [0.1, 0.15) is 34.9 Å². The zero-order valence-corrected chi connectivity index (χ0v) is 13.6. The number of hydrogen-bond donors (Lipinski definition) is 2. The molecule has 0 radical (unpaired) electrons. The van der Waals surface area contributed by atoms with Crippen LogP contribution in [0.25, 0.3) is 22.0 Å². The fourth-order valence-electron chi connectivity index (χ4n) is 3.26. The summed E-state index contributed by atoms with van der Waals surface area (Å²) in [4.78, 5) is 14.3. The van der Waals surface area contributed by atoms with E-state index in [4.69, 9.17) is 16.3 Å². The minimum atomic E-state index is -0.955. The number of nitrogens with one attached hydrogen (secondary N) is 1. The number of carboxylic acid groups (broad SMARTS) is 1. The van der Waals surface area contributed by atoms with Crippen molar-refractivity contribution >= 4 is 28.5 Å². The number of fused-ring (bicyclic) bond motifs is 1. The van der Waals surface area contributed by atoms with E-state index in [9.17, 15) is 9.90 Å². The highest BCUT2D eigenvalue weighted by Crippen LogP contribution is 2.35. The van der Waals surface area contributed by atoms with Gasteiger partial charge < -0.3 is 14.8 Å². The van der Waals surface area contributed by atoms with Crippen LogP contribution in [0.5, 0.6) is 0 Å². The summed E-state index contributed by atoms with van der Waals surface area (Å²) in [7, 11) is 0. The lowest BCUT2D eigenvalue weighted by Gasteiger charge is -2.11. The summed E-state index contributed by atoms with van der Waals surface area (Å²) in [5.41, 5.74) is 3.92. The van der Waals surface area contributed by atoms with Crippen molar-refractivity contribution in [1.29, 1.82) is 0 Å². The maximum absolute atomic E-state index is 11.3. The highest BCUT2D eigenvalue weighted by molar-refractivity contribution is 6.34. The molecule has 2 N–H and O–H groups in total. The average Bonchev–Trinajstić information content (AvgIpc) is 3.23. The number of halogens is 1. The van der Waals surface area contributed by atoms with Gasteiger partial charge in [-0.25, -0.2) is 4.79 Å². The Balaban J connectivity index is 1.76. The SMILES string of the molecule is O=C(O)c1c[nH]c2cc(Cl)c(-c3ccc([C@H]4CCCO4)cc3)cc12. The summed E-state index contributed by atoms with van der Waals surface area (Å²) in [5.74, 6) is -0.955. The lowest BCUT2D eigenvalue weighted by Crippen LogP contribution is -1.95. The number of carboxylic acids is 1. The Labute approximate surface area is 144 Å². The Bertz CT molecular complexity index is 908. The number of benzene rings is 2. The Kier molecular flexibility index (Phi) is 3.79. The number of hydrogen-bond acceptors (Lipinski definition) is 2. The zero-order valence-electron chi connectivity index (χ0n) is 12.9. The molecule has 122 valence electrons. The van der Waals surface area contributed by atoms with Crippen molar-refractivity contribution in [3.63, 3.8) is 0 Å². The number of aromatic nitrogens is 1.